The molecule has 9 nitrogen and oxygen atoms in total. The van der Waals surface area contributed by atoms with E-state index in [9.17, 15) is 29.0 Å². The molecule has 1 amide bonds. The van der Waals surface area contributed by atoms with E-state index in [1.165, 1.54) is 36.1 Å². The van der Waals surface area contributed by atoms with E-state index in [0.29, 0.717) is 5.56 Å². The summed E-state index contributed by atoms with van der Waals surface area (Å²) in [5.41, 5.74) is 1.19. The minimum atomic E-state index is -1.61. The lowest BCUT2D eigenvalue weighted by molar-refractivity contribution is -0.384. The largest absolute Gasteiger partial charge is 0.456 e. The first-order valence-corrected chi connectivity index (χ1v) is 12.2. The van der Waals surface area contributed by atoms with E-state index in [-0.39, 0.29) is 28.0 Å². The topological polar surface area (TPSA) is 127 Å². The number of carbonyl (C=O) groups is 2. The van der Waals surface area contributed by atoms with Gasteiger partial charge in [0.1, 0.15) is 16.2 Å². The molecule has 1 fully saturated rings. The molecule has 0 radical (unpaired) electrons. The number of nitrogens with zero attached hydrogens (tertiary/aromatic N) is 2. The normalized spacial score (nSPS) is 21.3. The highest BCUT2D eigenvalue weighted by molar-refractivity contribution is 8.17. The van der Waals surface area contributed by atoms with Crippen molar-refractivity contribution in [1.82, 2.24) is 4.90 Å². The standard InChI is InChI=1S/C22H20N2O7S2/c1-13(25)17-19(26)23-18(21(27)31-11-14-7-9-16(10-8-14)24(28)29)22(32-20(17)23)33(30)12-15-5-3-2-4-6-15/h2-10,13,17,20,25H,11-12H2,1H3/t13-,17+,20+,33?/m0/s1. The van der Waals surface area contributed by atoms with Crippen LogP contribution in [0.4, 0.5) is 5.69 Å². The van der Waals surface area contributed by atoms with Crippen LogP contribution in [0.1, 0.15) is 18.1 Å². The lowest BCUT2D eigenvalue weighted by Crippen LogP contribution is -2.60. The number of non-ortho nitro benzene ring substituents is 1. The molecular weight excluding hydrogens is 468 g/mol. The molecule has 2 aliphatic heterocycles. The van der Waals surface area contributed by atoms with Crippen LogP contribution in [-0.2, 0) is 37.5 Å². The Hall–Kier alpha value is -3.02. The van der Waals surface area contributed by atoms with E-state index in [0.717, 1.165) is 17.3 Å². The third-order valence-electron chi connectivity index (χ3n) is 5.32. The third kappa shape index (κ3) is 4.56. The number of benzene rings is 2. The summed E-state index contributed by atoms with van der Waals surface area (Å²) in [4.78, 5) is 37.1. The number of nitro benzene ring substituents is 1. The van der Waals surface area contributed by atoms with Crippen LogP contribution in [0.25, 0.3) is 0 Å². The van der Waals surface area contributed by atoms with Gasteiger partial charge in [0, 0.05) is 12.1 Å². The van der Waals surface area contributed by atoms with Gasteiger partial charge < -0.3 is 9.84 Å². The monoisotopic (exact) mass is 488 g/mol. The summed E-state index contributed by atoms with van der Waals surface area (Å²) in [7, 11) is -1.61. The Bertz CT molecular complexity index is 1150. The van der Waals surface area contributed by atoms with E-state index in [1.807, 2.05) is 30.3 Å². The zero-order valence-electron chi connectivity index (χ0n) is 17.5. The van der Waals surface area contributed by atoms with Crippen molar-refractivity contribution in [3.05, 3.63) is 85.8 Å². The van der Waals surface area contributed by atoms with Crippen LogP contribution in [-0.4, -0.2) is 42.5 Å². The number of ether oxygens (including phenoxy) is 1. The van der Waals surface area contributed by atoms with Crippen molar-refractivity contribution in [2.45, 2.75) is 30.8 Å². The van der Waals surface area contributed by atoms with Crippen LogP contribution in [0.3, 0.4) is 0 Å². The Morgan fingerprint density at radius 1 is 1.21 bits per heavy atom. The average Bonchev–Trinajstić information content (AvgIpc) is 3.13. The molecule has 0 bridgehead atoms. The Morgan fingerprint density at radius 3 is 2.48 bits per heavy atom. The van der Waals surface area contributed by atoms with Crippen molar-refractivity contribution in [3.63, 3.8) is 0 Å². The molecular formula is C22H20N2O7S2. The molecule has 0 aromatic heterocycles. The molecule has 0 saturated carbocycles. The predicted molar refractivity (Wildman–Crippen MR) is 122 cm³/mol. The Morgan fingerprint density at radius 2 is 1.88 bits per heavy atom. The Balaban J connectivity index is 1.55. The van der Waals surface area contributed by atoms with Gasteiger partial charge in [-0.05, 0) is 30.2 Å². The fraction of sp³-hybridized carbons (Fsp3) is 0.273. The molecule has 0 spiro atoms. The second-order valence-corrected chi connectivity index (χ2v) is 10.4. The molecule has 4 rings (SSSR count). The number of fused-ring (bicyclic) bond motifs is 1. The van der Waals surface area contributed by atoms with Crippen LogP contribution in [0.2, 0.25) is 0 Å². The molecule has 2 aromatic rings. The van der Waals surface area contributed by atoms with Crippen LogP contribution >= 0.6 is 11.8 Å². The Labute approximate surface area is 196 Å². The molecule has 0 aliphatic carbocycles. The molecule has 1 saturated heterocycles. The molecule has 1 N–H and O–H groups in total. The second-order valence-electron chi connectivity index (χ2n) is 7.59. The number of nitro groups is 1. The van der Waals surface area contributed by atoms with Gasteiger partial charge in [0.2, 0.25) is 5.91 Å². The highest BCUT2D eigenvalue weighted by atomic mass is 32.2. The predicted octanol–water partition coefficient (Wildman–Crippen LogP) is 2.67. The first kappa shape index (κ1) is 23.1. The summed E-state index contributed by atoms with van der Waals surface area (Å²) in [6, 6.07) is 14.7. The van der Waals surface area contributed by atoms with E-state index >= 15 is 0 Å². The number of aliphatic hydroxyl groups is 1. The van der Waals surface area contributed by atoms with Crippen molar-refractivity contribution in [2.24, 2.45) is 5.92 Å². The lowest BCUT2D eigenvalue weighted by Gasteiger charge is -2.43. The van der Waals surface area contributed by atoms with Crippen LogP contribution in [0.15, 0.2) is 64.5 Å². The van der Waals surface area contributed by atoms with Gasteiger partial charge in [0.15, 0.2) is 5.70 Å². The number of hydrogen-bond donors (Lipinski definition) is 1. The van der Waals surface area contributed by atoms with Crippen molar-refractivity contribution in [3.8, 4) is 0 Å². The molecule has 2 aliphatic rings. The van der Waals surface area contributed by atoms with Gasteiger partial charge in [0.25, 0.3) is 5.69 Å². The second kappa shape index (κ2) is 9.46. The molecule has 11 heteroatoms. The number of hydrogen-bond acceptors (Lipinski definition) is 8. The van der Waals surface area contributed by atoms with Gasteiger partial charge in [-0.3, -0.25) is 24.0 Å². The fourth-order valence-corrected chi connectivity index (χ4v) is 6.87. The summed E-state index contributed by atoms with van der Waals surface area (Å²) in [6.45, 7) is 1.34. The van der Waals surface area contributed by atoms with Gasteiger partial charge in [0.05, 0.1) is 33.5 Å². The first-order chi connectivity index (χ1) is 15.8. The van der Waals surface area contributed by atoms with E-state index in [1.54, 1.807) is 0 Å². The lowest BCUT2D eigenvalue weighted by atomic mass is 9.92. The van der Waals surface area contributed by atoms with Crippen LogP contribution < -0.4 is 0 Å². The Kier molecular flexibility index (Phi) is 6.63. The number of β-lactam (4-membered cyclic amide) rings is 1. The van der Waals surface area contributed by atoms with E-state index < -0.39 is 45.0 Å². The molecule has 1 unspecified atom stereocenters. The van der Waals surface area contributed by atoms with Crippen LogP contribution in [0, 0.1) is 16.0 Å². The molecule has 2 aromatic carbocycles. The van der Waals surface area contributed by atoms with Gasteiger partial charge >= 0.3 is 5.97 Å². The van der Waals surface area contributed by atoms with Crippen molar-refractivity contribution >= 4 is 40.1 Å². The smallest absolute Gasteiger partial charge is 0.357 e. The summed E-state index contributed by atoms with van der Waals surface area (Å²) < 4.78 is 18.8. The SMILES string of the molecule is C[C@H](O)[C@@H]1C(=O)N2C(C(=O)OCc3ccc([N+](=O)[O-])cc3)=C(S(=O)Cc3ccccc3)S[C@H]12. The summed E-state index contributed by atoms with van der Waals surface area (Å²) in [5, 5.41) is 20.2. The molecule has 33 heavy (non-hydrogen) atoms. The fourth-order valence-electron chi connectivity index (χ4n) is 3.62. The van der Waals surface area contributed by atoms with Crippen molar-refractivity contribution in [2.75, 3.05) is 0 Å². The van der Waals surface area contributed by atoms with Crippen molar-refractivity contribution in [1.29, 1.82) is 0 Å². The van der Waals surface area contributed by atoms with Crippen molar-refractivity contribution < 1.29 is 28.6 Å². The maximum Gasteiger partial charge on any atom is 0.357 e. The number of rotatable bonds is 8. The molecule has 2 heterocycles. The number of thioether (sulfide) groups is 1. The number of carbonyl (C=O) groups excluding carboxylic acids is 2. The first-order valence-electron chi connectivity index (χ1n) is 10.0. The number of esters is 1. The van der Waals surface area contributed by atoms with Gasteiger partial charge in [-0.2, -0.15) is 0 Å². The number of amides is 1. The average molecular weight is 489 g/mol. The maximum absolute atomic E-state index is 13.2. The van der Waals surface area contributed by atoms with Crippen LogP contribution in [0.5, 0.6) is 0 Å². The van der Waals surface area contributed by atoms with E-state index in [4.69, 9.17) is 4.74 Å². The highest BCUT2D eigenvalue weighted by Gasteiger charge is 2.58. The van der Waals surface area contributed by atoms with Gasteiger partial charge in [-0.25, -0.2) is 4.79 Å². The third-order valence-corrected chi connectivity index (χ3v) is 8.53. The van der Waals surface area contributed by atoms with Gasteiger partial charge in [-0.1, -0.05) is 42.1 Å². The summed E-state index contributed by atoms with van der Waals surface area (Å²) >= 11 is 1.14. The van der Waals surface area contributed by atoms with Gasteiger partial charge in [-0.15, -0.1) is 0 Å². The highest BCUT2D eigenvalue weighted by Crippen LogP contribution is 2.51. The minimum absolute atomic E-state index is 0.0666. The maximum atomic E-state index is 13.2. The zero-order chi connectivity index (χ0) is 23.7. The van der Waals surface area contributed by atoms with E-state index in [2.05, 4.69) is 0 Å². The molecule has 172 valence electrons. The summed E-state index contributed by atoms with van der Waals surface area (Å²) in [5.74, 6) is -1.76. The molecule has 4 atom stereocenters. The quantitative estimate of drug-likeness (QED) is 0.260. The zero-order valence-corrected chi connectivity index (χ0v) is 19.1. The minimum Gasteiger partial charge on any atom is -0.456 e. The summed E-state index contributed by atoms with van der Waals surface area (Å²) in [6.07, 6.45) is -0.912. The number of aliphatic hydroxyl groups excluding tert-OH is 1.